The maximum atomic E-state index is 5.95. The van der Waals surface area contributed by atoms with Gasteiger partial charge in [-0.2, -0.15) is 0 Å². The second-order valence-corrected chi connectivity index (χ2v) is 6.31. The monoisotopic (exact) mass is 356 g/mol. The summed E-state index contributed by atoms with van der Waals surface area (Å²) < 4.78 is 6.93. The van der Waals surface area contributed by atoms with Gasteiger partial charge in [-0.3, -0.25) is 0 Å². The van der Waals surface area contributed by atoms with E-state index in [2.05, 4.69) is 34.1 Å². The first kappa shape index (κ1) is 12.9. The largest absolute Gasteiger partial charge is 0.456 e. The van der Waals surface area contributed by atoms with Gasteiger partial charge >= 0.3 is 0 Å². The first-order valence-corrected chi connectivity index (χ1v) is 7.75. The Balaban J connectivity index is 1.98. The Bertz CT molecular complexity index is 954. The summed E-state index contributed by atoms with van der Waals surface area (Å²) in [5.74, 6) is 0. The normalized spacial score (nSPS) is 11.3. The van der Waals surface area contributed by atoms with Gasteiger partial charge in [-0.25, -0.2) is 0 Å². The zero-order valence-electron chi connectivity index (χ0n) is 10.9. The zero-order valence-corrected chi connectivity index (χ0v) is 13.3. The van der Waals surface area contributed by atoms with Crippen molar-refractivity contribution in [1.29, 1.82) is 0 Å². The van der Waals surface area contributed by atoms with Crippen LogP contribution in [0.3, 0.4) is 0 Å². The van der Waals surface area contributed by atoms with E-state index in [-0.39, 0.29) is 0 Å². The van der Waals surface area contributed by atoms with Gasteiger partial charge in [-0.15, -0.1) is 0 Å². The second kappa shape index (κ2) is 4.90. The number of furan rings is 1. The minimum atomic E-state index is 0.748. The predicted molar refractivity (Wildman–Crippen MR) is 91.9 cm³/mol. The fraction of sp³-hybridized carbons (Fsp3) is 0. The highest BCUT2D eigenvalue weighted by Gasteiger charge is 2.08. The van der Waals surface area contributed by atoms with Crippen LogP contribution >= 0.6 is 27.5 Å². The maximum Gasteiger partial charge on any atom is 0.135 e. The van der Waals surface area contributed by atoms with Crippen LogP contribution < -0.4 is 0 Å². The van der Waals surface area contributed by atoms with Crippen LogP contribution in [-0.4, -0.2) is 0 Å². The molecule has 0 saturated carbocycles. The van der Waals surface area contributed by atoms with Gasteiger partial charge in [0.1, 0.15) is 11.2 Å². The summed E-state index contributed by atoms with van der Waals surface area (Å²) in [4.78, 5) is 0. The minimum absolute atomic E-state index is 0.748. The molecule has 0 radical (unpaired) electrons. The van der Waals surface area contributed by atoms with Crippen LogP contribution in [0, 0.1) is 0 Å². The summed E-state index contributed by atoms with van der Waals surface area (Å²) in [5.41, 5.74) is 4.11. The molecular formula is C18H10BrClO. The molecule has 4 aromatic rings. The molecule has 0 aliphatic heterocycles. The Morgan fingerprint density at radius 3 is 2.10 bits per heavy atom. The van der Waals surface area contributed by atoms with E-state index in [1.54, 1.807) is 0 Å². The first-order valence-electron chi connectivity index (χ1n) is 6.58. The van der Waals surface area contributed by atoms with Crippen LogP contribution in [0.25, 0.3) is 33.1 Å². The molecule has 0 unspecified atom stereocenters. The molecule has 1 aromatic heterocycles. The first-order chi connectivity index (χ1) is 10.2. The number of fused-ring (bicyclic) bond motifs is 3. The van der Waals surface area contributed by atoms with Gasteiger partial charge in [-0.05, 0) is 53.6 Å². The SMILES string of the molecule is Clc1ccc(-c2ccc3oc4ccc(Br)cc4c3c2)cc1. The third-order valence-corrected chi connectivity index (χ3v) is 4.35. The van der Waals surface area contributed by atoms with Crippen molar-refractivity contribution in [3.05, 3.63) is 70.2 Å². The van der Waals surface area contributed by atoms with E-state index < -0.39 is 0 Å². The third kappa shape index (κ3) is 2.25. The molecular weight excluding hydrogens is 348 g/mol. The van der Waals surface area contributed by atoms with Gasteiger partial charge in [0.2, 0.25) is 0 Å². The van der Waals surface area contributed by atoms with Crippen molar-refractivity contribution in [2.24, 2.45) is 0 Å². The summed E-state index contributed by atoms with van der Waals surface area (Å²) in [5, 5.41) is 2.99. The fourth-order valence-corrected chi connectivity index (χ4v) is 3.06. The molecule has 3 aromatic carbocycles. The highest BCUT2D eigenvalue weighted by atomic mass is 79.9. The van der Waals surface area contributed by atoms with Crippen molar-refractivity contribution in [3.8, 4) is 11.1 Å². The lowest BCUT2D eigenvalue weighted by Gasteiger charge is -2.02. The number of halogens is 2. The van der Waals surface area contributed by atoms with E-state index in [4.69, 9.17) is 16.0 Å². The second-order valence-electron chi connectivity index (χ2n) is 4.96. The van der Waals surface area contributed by atoms with Crippen LogP contribution in [0.1, 0.15) is 0 Å². The summed E-state index contributed by atoms with van der Waals surface area (Å²) in [6.07, 6.45) is 0. The quantitative estimate of drug-likeness (QED) is 0.371. The van der Waals surface area contributed by atoms with Crippen LogP contribution in [0.2, 0.25) is 5.02 Å². The Morgan fingerprint density at radius 1 is 0.714 bits per heavy atom. The molecule has 0 saturated heterocycles. The molecule has 0 N–H and O–H groups in total. The summed E-state index contributed by atoms with van der Waals surface area (Å²) in [6.45, 7) is 0. The zero-order chi connectivity index (χ0) is 14.4. The molecule has 1 nitrogen and oxygen atoms in total. The standard InChI is InChI=1S/C18H10BrClO/c19-13-4-8-18-16(10-13)15-9-12(3-7-17(15)21-18)11-1-5-14(20)6-2-11/h1-10H. The number of hydrogen-bond acceptors (Lipinski definition) is 1. The topological polar surface area (TPSA) is 13.1 Å². The van der Waals surface area contributed by atoms with Crippen LogP contribution in [0.4, 0.5) is 0 Å². The van der Waals surface area contributed by atoms with Crippen molar-refractivity contribution in [2.75, 3.05) is 0 Å². The van der Waals surface area contributed by atoms with E-state index in [1.165, 1.54) is 0 Å². The highest BCUT2D eigenvalue weighted by Crippen LogP contribution is 2.34. The van der Waals surface area contributed by atoms with Gasteiger partial charge < -0.3 is 4.42 Å². The van der Waals surface area contributed by atoms with Crippen molar-refractivity contribution >= 4 is 49.5 Å². The molecule has 1 heterocycles. The summed E-state index contributed by atoms with van der Waals surface area (Å²) >= 11 is 9.47. The molecule has 21 heavy (non-hydrogen) atoms. The lowest BCUT2D eigenvalue weighted by atomic mass is 10.0. The Morgan fingerprint density at radius 2 is 1.33 bits per heavy atom. The molecule has 0 aliphatic carbocycles. The highest BCUT2D eigenvalue weighted by molar-refractivity contribution is 9.10. The number of rotatable bonds is 1. The molecule has 0 aliphatic rings. The van der Waals surface area contributed by atoms with Crippen molar-refractivity contribution in [1.82, 2.24) is 0 Å². The summed E-state index contributed by atoms with van der Waals surface area (Å²) in [6, 6.07) is 20.2. The van der Waals surface area contributed by atoms with Gasteiger partial charge in [0.25, 0.3) is 0 Å². The van der Waals surface area contributed by atoms with Crippen molar-refractivity contribution < 1.29 is 4.42 Å². The lowest BCUT2D eigenvalue weighted by Crippen LogP contribution is -1.77. The number of benzene rings is 3. The van der Waals surface area contributed by atoms with Crippen LogP contribution in [0.15, 0.2) is 69.6 Å². The Labute approximate surface area is 135 Å². The van der Waals surface area contributed by atoms with E-state index in [0.717, 1.165) is 42.6 Å². The molecule has 3 heteroatoms. The van der Waals surface area contributed by atoms with Crippen LogP contribution in [-0.2, 0) is 0 Å². The molecule has 102 valence electrons. The predicted octanol–water partition coefficient (Wildman–Crippen LogP) is 6.67. The fourth-order valence-electron chi connectivity index (χ4n) is 2.57. The third-order valence-electron chi connectivity index (χ3n) is 3.61. The molecule has 4 rings (SSSR count). The summed E-state index contributed by atoms with van der Waals surface area (Å²) in [7, 11) is 0. The van der Waals surface area contributed by atoms with Gasteiger partial charge in [0.15, 0.2) is 0 Å². The van der Waals surface area contributed by atoms with Gasteiger partial charge in [0.05, 0.1) is 0 Å². The average molecular weight is 358 g/mol. The van der Waals surface area contributed by atoms with Crippen molar-refractivity contribution in [3.63, 3.8) is 0 Å². The van der Waals surface area contributed by atoms with Crippen molar-refractivity contribution in [2.45, 2.75) is 0 Å². The van der Waals surface area contributed by atoms with E-state index in [9.17, 15) is 0 Å². The molecule has 0 spiro atoms. The molecule has 0 bridgehead atoms. The molecule has 0 amide bonds. The van der Waals surface area contributed by atoms with Gasteiger partial charge in [-0.1, -0.05) is 45.7 Å². The smallest absolute Gasteiger partial charge is 0.135 e. The van der Waals surface area contributed by atoms with E-state index in [0.29, 0.717) is 0 Å². The van der Waals surface area contributed by atoms with Crippen LogP contribution in [0.5, 0.6) is 0 Å². The maximum absolute atomic E-state index is 5.95. The minimum Gasteiger partial charge on any atom is -0.456 e. The number of hydrogen-bond donors (Lipinski definition) is 0. The molecule has 0 atom stereocenters. The van der Waals surface area contributed by atoms with E-state index >= 15 is 0 Å². The Kier molecular flexibility index (Phi) is 3.02. The Hall–Kier alpha value is -1.77. The van der Waals surface area contributed by atoms with E-state index in [1.807, 2.05) is 42.5 Å². The molecule has 0 fully saturated rings. The van der Waals surface area contributed by atoms with Gasteiger partial charge in [0, 0.05) is 20.3 Å². The lowest BCUT2D eigenvalue weighted by molar-refractivity contribution is 0.669. The average Bonchev–Trinajstić information content (AvgIpc) is 2.85.